The van der Waals surface area contributed by atoms with E-state index in [-0.39, 0.29) is 6.04 Å². The van der Waals surface area contributed by atoms with E-state index in [4.69, 9.17) is 5.73 Å². The van der Waals surface area contributed by atoms with Crippen molar-refractivity contribution >= 4 is 9.84 Å². The zero-order valence-corrected chi connectivity index (χ0v) is 9.92. The largest absolute Gasteiger partial charge is 0.328 e. The summed E-state index contributed by atoms with van der Waals surface area (Å²) in [6, 6.07) is 7.18. The van der Waals surface area contributed by atoms with Crippen molar-refractivity contribution in [2.45, 2.75) is 30.7 Å². The van der Waals surface area contributed by atoms with E-state index in [2.05, 4.69) is 0 Å². The first-order chi connectivity index (χ1) is 6.89. The summed E-state index contributed by atoms with van der Waals surface area (Å²) < 4.78 is 22.6. The quantitative estimate of drug-likeness (QED) is 0.845. The van der Waals surface area contributed by atoms with E-state index in [1.54, 1.807) is 18.2 Å². The summed E-state index contributed by atoms with van der Waals surface area (Å²) in [7, 11) is -3.10. The molecule has 1 atom stereocenters. The fourth-order valence-corrected chi connectivity index (χ4v) is 2.02. The Morgan fingerprint density at radius 3 is 2.60 bits per heavy atom. The minimum absolute atomic E-state index is 0.145. The summed E-state index contributed by atoms with van der Waals surface area (Å²) in [6.07, 6.45) is 2.91. The SMILES string of the molecule is CC(N)CCc1cccc(S(C)(=O)=O)c1. The summed E-state index contributed by atoms with van der Waals surface area (Å²) in [6.45, 7) is 1.94. The second kappa shape index (κ2) is 4.77. The Morgan fingerprint density at radius 1 is 1.40 bits per heavy atom. The van der Waals surface area contributed by atoms with Crippen molar-refractivity contribution in [3.8, 4) is 0 Å². The van der Waals surface area contributed by atoms with Gasteiger partial charge in [0.25, 0.3) is 0 Å². The van der Waals surface area contributed by atoms with Crippen molar-refractivity contribution < 1.29 is 8.42 Å². The minimum atomic E-state index is -3.10. The molecule has 0 radical (unpaired) electrons. The second-order valence-corrected chi connectivity index (χ2v) is 5.95. The lowest BCUT2D eigenvalue weighted by Crippen LogP contribution is -2.15. The lowest BCUT2D eigenvalue weighted by molar-refractivity contribution is 0.601. The molecule has 0 heterocycles. The van der Waals surface area contributed by atoms with Crippen molar-refractivity contribution in [2.24, 2.45) is 5.73 Å². The minimum Gasteiger partial charge on any atom is -0.328 e. The molecule has 4 heteroatoms. The maximum atomic E-state index is 11.3. The molecule has 0 amide bonds. The number of hydrogen-bond donors (Lipinski definition) is 1. The molecule has 0 aliphatic rings. The van der Waals surface area contributed by atoms with E-state index in [1.165, 1.54) is 6.26 Å². The van der Waals surface area contributed by atoms with Crippen LogP contribution in [0.2, 0.25) is 0 Å². The Kier molecular flexibility index (Phi) is 3.88. The van der Waals surface area contributed by atoms with Crippen LogP contribution in [0.1, 0.15) is 18.9 Å². The topological polar surface area (TPSA) is 60.2 Å². The highest BCUT2D eigenvalue weighted by Gasteiger charge is 2.07. The molecular formula is C11H17NO2S. The molecule has 0 fully saturated rings. The van der Waals surface area contributed by atoms with Crippen LogP contribution in [0.15, 0.2) is 29.2 Å². The number of rotatable bonds is 4. The summed E-state index contributed by atoms with van der Waals surface area (Å²) in [5.41, 5.74) is 6.67. The van der Waals surface area contributed by atoms with Crippen molar-refractivity contribution in [3.63, 3.8) is 0 Å². The lowest BCUT2D eigenvalue weighted by Gasteiger charge is -2.06. The molecule has 0 spiro atoms. The maximum Gasteiger partial charge on any atom is 0.175 e. The Morgan fingerprint density at radius 2 is 2.07 bits per heavy atom. The van der Waals surface area contributed by atoms with E-state index in [1.807, 2.05) is 13.0 Å². The van der Waals surface area contributed by atoms with Crippen LogP contribution in [0.4, 0.5) is 0 Å². The van der Waals surface area contributed by atoms with Crippen LogP contribution in [0.5, 0.6) is 0 Å². The van der Waals surface area contributed by atoms with Gasteiger partial charge >= 0.3 is 0 Å². The molecule has 0 bridgehead atoms. The van der Waals surface area contributed by atoms with Gasteiger partial charge < -0.3 is 5.73 Å². The molecule has 2 N–H and O–H groups in total. The standard InChI is InChI=1S/C11H17NO2S/c1-9(12)6-7-10-4-3-5-11(8-10)15(2,13)14/h3-5,8-9H,6-7,12H2,1-2H3. The molecule has 3 nitrogen and oxygen atoms in total. The predicted octanol–water partition coefficient (Wildman–Crippen LogP) is 1.37. The van der Waals surface area contributed by atoms with Gasteiger partial charge in [-0.3, -0.25) is 0 Å². The van der Waals surface area contributed by atoms with E-state index in [0.717, 1.165) is 18.4 Å². The summed E-state index contributed by atoms with van der Waals surface area (Å²) in [5.74, 6) is 0. The van der Waals surface area contributed by atoms with Crippen molar-refractivity contribution in [2.75, 3.05) is 6.26 Å². The van der Waals surface area contributed by atoms with Gasteiger partial charge in [0.05, 0.1) is 4.90 Å². The number of sulfone groups is 1. The molecule has 0 saturated carbocycles. The summed E-state index contributed by atoms with van der Waals surface area (Å²) >= 11 is 0. The Bertz CT molecular complexity index is 424. The average molecular weight is 227 g/mol. The normalized spacial score (nSPS) is 13.8. The van der Waals surface area contributed by atoms with E-state index in [9.17, 15) is 8.42 Å². The zero-order valence-electron chi connectivity index (χ0n) is 9.10. The van der Waals surface area contributed by atoms with Crippen molar-refractivity contribution in [3.05, 3.63) is 29.8 Å². The van der Waals surface area contributed by atoms with Crippen LogP contribution in [0.25, 0.3) is 0 Å². The van der Waals surface area contributed by atoms with Crippen LogP contribution in [0, 0.1) is 0 Å². The Balaban J connectivity index is 2.84. The highest BCUT2D eigenvalue weighted by atomic mass is 32.2. The molecule has 1 rings (SSSR count). The fraction of sp³-hybridized carbons (Fsp3) is 0.455. The molecule has 0 aliphatic heterocycles. The first-order valence-corrected chi connectivity index (χ1v) is 6.83. The van der Waals surface area contributed by atoms with Gasteiger partial charge in [0.15, 0.2) is 9.84 Å². The summed E-state index contributed by atoms with van der Waals surface area (Å²) in [4.78, 5) is 0.379. The molecule has 0 aliphatic carbocycles. The smallest absolute Gasteiger partial charge is 0.175 e. The summed E-state index contributed by atoms with van der Waals surface area (Å²) in [5, 5.41) is 0. The van der Waals surface area contributed by atoms with Crippen LogP contribution >= 0.6 is 0 Å². The van der Waals surface area contributed by atoms with Gasteiger partial charge in [-0.2, -0.15) is 0 Å². The van der Waals surface area contributed by atoms with Gasteiger partial charge in [0, 0.05) is 12.3 Å². The number of nitrogens with two attached hydrogens (primary N) is 1. The number of aryl methyl sites for hydroxylation is 1. The van der Waals surface area contributed by atoms with Gasteiger partial charge in [0.1, 0.15) is 0 Å². The number of hydrogen-bond acceptors (Lipinski definition) is 3. The van der Waals surface area contributed by atoms with E-state index in [0.29, 0.717) is 4.90 Å². The van der Waals surface area contributed by atoms with E-state index < -0.39 is 9.84 Å². The molecule has 0 aromatic heterocycles. The van der Waals surface area contributed by atoms with Crippen LogP contribution in [-0.4, -0.2) is 20.7 Å². The van der Waals surface area contributed by atoms with Gasteiger partial charge in [-0.25, -0.2) is 8.42 Å². The van der Waals surface area contributed by atoms with Crippen LogP contribution in [0.3, 0.4) is 0 Å². The third kappa shape index (κ3) is 4.01. The van der Waals surface area contributed by atoms with Crippen LogP contribution < -0.4 is 5.73 Å². The third-order valence-electron chi connectivity index (χ3n) is 2.21. The van der Waals surface area contributed by atoms with Crippen LogP contribution in [-0.2, 0) is 16.3 Å². The average Bonchev–Trinajstić information content (AvgIpc) is 2.14. The maximum absolute atomic E-state index is 11.3. The number of benzene rings is 1. The molecular weight excluding hydrogens is 210 g/mol. The molecule has 1 unspecified atom stereocenters. The molecule has 1 aromatic rings. The van der Waals surface area contributed by atoms with Crippen molar-refractivity contribution in [1.82, 2.24) is 0 Å². The third-order valence-corrected chi connectivity index (χ3v) is 3.33. The predicted molar refractivity (Wildman–Crippen MR) is 61.5 cm³/mol. The van der Waals surface area contributed by atoms with Gasteiger partial charge in [-0.15, -0.1) is 0 Å². The molecule has 15 heavy (non-hydrogen) atoms. The second-order valence-electron chi connectivity index (χ2n) is 3.94. The van der Waals surface area contributed by atoms with Crippen molar-refractivity contribution in [1.29, 1.82) is 0 Å². The molecule has 0 saturated heterocycles. The fourth-order valence-electron chi connectivity index (χ4n) is 1.33. The lowest BCUT2D eigenvalue weighted by atomic mass is 10.1. The zero-order chi connectivity index (χ0) is 11.5. The highest BCUT2D eigenvalue weighted by molar-refractivity contribution is 7.90. The Labute approximate surface area is 91.2 Å². The highest BCUT2D eigenvalue weighted by Crippen LogP contribution is 2.13. The van der Waals surface area contributed by atoms with Gasteiger partial charge in [-0.05, 0) is 37.5 Å². The van der Waals surface area contributed by atoms with Gasteiger partial charge in [0.2, 0.25) is 0 Å². The van der Waals surface area contributed by atoms with E-state index >= 15 is 0 Å². The Hall–Kier alpha value is -0.870. The molecule has 1 aromatic carbocycles. The monoisotopic (exact) mass is 227 g/mol. The first kappa shape index (κ1) is 12.2. The van der Waals surface area contributed by atoms with Gasteiger partial charge in [-0.1, -0.05) is 12.1 Å². The molecule has 84 valence electrons. The first-order valence-electron chi connectivity index (χ1n) is 4.94.